The maximum atomic E-state index is 12.4. The molecule has 0 radical (unpaired) electrons. The van der Waals surface area contributed by atoms with Crippen molar-refractivity contribution in [1.82, 2.24) is 5.32 Å². The van der Waals surface area contributed by atoms with Crippen LogP contribution in [0.1, 0.15) is 45.0 Å². The van der Waals surface area contributed by atoms with Crippen LogP contribution in [0.5, 0.6) is 0 Å². The van der Waals surface area contributed by atoms with Crippen molar-refractivity contribution in [1.29, 1.82) is 0 Å². The largest absolute Gasteiger partial charge is 0.462 e. The molecule has 29 heavy (non-hydrogen) atoms. The SMILES string of the molecule is CCOC(=O)c1sc(NC(=S)NCCc2cccc(Cl)c2)c(C(=O)OCC)c1C. The van der Waals surface area contributed by atoms with Crippen molar-refractivity contribution in [3.8, 4) is 0 Å². The molecular weight excluding hydrogens is 432 g/mol. The first-order valence-electron chi connectivity index (χ1n) is 9.14. The van der Waals surface area contributed by atoms with Crippen molar-refractivity contribution in [3.05, 3.63) is 50.9 Å². The Bertz CT molecular complexity index is 899. The molecule has 0 aliphatic carbocycles. The minimum Gasteiger partial charge on any atom is -0.462 e. The molecule has 0 atom stereocenters. The predicted molar refractivity (Wildman–Crippen MR) is 120 cm³/mol. The van der Waals surface area contributed by atoms with E-state index in [1.54, 1.807) is 20.8 Å². The van der Waals surface area contributed by atoms with E-state index < -0.39 is 11.9 Å². The van der Waals surface area contributed by atoms with E-state index >= 15 is 0 Å². The van der Waals surface area contributed by atoms with Gasteiger partial charge < -0.3 is 20.1 Å². The molecule has 0 unspecified atom stereocenters. The molecule has 1 heterocycles. The summed E-state index contributed by atoms with van der Waals surface area (Å²) in [5.74, 6) is -0.991. The quantitative estimate of drug-likeness (QED) is 0.446. The number of thiophene rings is 1. The van der Waals surface area contributed by atoms with Gasteiger partial charge in [0.25, 0.3) is 0 Å². The fraction of sp³-hybridized carbons (Fsp3) is 0.350. The van der Waals surface area contributed by atoms with E-state index in [9.17, 15) is 9.59 Å². The zero-order valence-electron chi connectivity index (χ0n) is 16.5. The van der Waals surface area contributed by atoms with Crippen molar-refractivity contribution in [3.63, 3.8) is 0 Å². The van der Waals surface area contributed by atoms with Crippen LogP contribution in [0.2, 0.25) is 5.02 Å². The summed E-state index contributed by atoms with van der Waals surface area (Å²) in [5, 5.41) is 7.58. The summed E-state index contributed by atoms with van der Waals surface area (Å²) in [6, 6.07) is 7.59. The Morgan fingerprint density at radius 2 is 1.86 bits per heavy atom. The first-order chi connectivity index (χ1) is 13.9. The molecule has 1 aromatic carbocycles. The fourth-order valence-electron chi connectivity index (χ4n) is 2.60. The third kappa shape index (κ3) is 6.42. The fourth-order valence-corrected chi connectivity index (χ4v) is 4.18. The molecule has 0 fully saturated rings. The molecule has 0 bridgehead atoms. The molecular formula is C20H23ClN2O4S2. The first kappa shape index (κ1) is 23.1. The van der Waals surface area contributed by atoms with E-state index in [0.717, 1.165) is 23.3 Å². The minimum absolute atomic E-state index is 0.227. The van der Waals surface area contributed by atoms with Crippen molar-refractivity contribution < 1.29 is 19.1 Å². The zero-order valence-corrected chi connectivity index (χ0v) is 18.9. The Morgan fingerprint density at radius 3 is 2.52 bits per heavy atom. The van der Waals surface area contributed by atoms with Gasteiger partial charge in [0.05, 0.1) is 18.8 Å². The third-order valence-electron chi connectivity index (χ3n) is 3.90. The lowest BCUT2D eigenvalue weighted by atomic mass is 10.1. The molecule has 0 saturated carbocycles. The number of hydrogen-bond acceptors (Lipinski definition) is 6. The molecule has 0 spiro atoms. The summed E-state index contributed by atoms with van der Waals surface area (Å²) in [5.41, 5.74) is 1.88. The standard InChI is InChI=1S/C20H23ClN2O4S2/c1-4-26-18(24)15-12(3)16(19(25)27-5-2)29-17(15)23-20(28)22-10-9-13-7-6-8-14(21)11-13/h6-8,11H,4-5,9-10H2,1-3H3,(H2,22,23,28). The van der Waals surface area contributed by atoms with Crippen molar-refractivity contribution >= 4 is 57.2 Å². The molecule has 9 heteroatoms. The average Bonchev–Trinajstić information content (AvgIpc) is 2.98. The monoisotopic (exact) mass is 454 g/mol. The Labute approximate surface area is 184 Å². The van der Waals surface area contributed by atoms with Crippen LogP contribution in [0.15, 0.2) is 24.3 Å². The highest BCUT2D eigenvalue weighted by atomic mass is 35.5. The van der Waals surface area contributed by atoms with E-state index in [4.69, 9.17) is 33.3 Å². The normalized spacial score (nSPS) is 10.3. The van der Waals surface area contributed by atoms with Gasteiger partial charge in [-0.25, -0.2) is 9.59 Å². The van der Waals surface area contributed by atoms with Gasteiger partial charge in [-0.2, -0.15) is 0 Å². The number of esters is 2. The Hall–Kier alpha value is -2.16. The molecule has 1 aromatic heterocycles. The van der Waals surface area contributed by atoms with Gasteiger partial charge in [0, 0.05) is 11.6 Å². The summed E-state index contributed by atoms with van der Waals surface area (Å²) in [7, 11) is 0. The van der Waals surface area contributed by atoms with Gasteiger partial charge in [0.2, 0.25) is 0 Å². The van der Waals surface area contributed by atoms with Crippen LogP contribution in [0.25, 0.3) is 0 Å². The number of carbonyl (C=O) groups is 2. The molecule has 6 nitrogen and oxygen atoms in total. The molecule has 2 rings (SSSR count). The number of anilines is 1. The van der Waals surface area contributed by atoms with Gasteiger partial charge in [-0.1, -0.05) is 23.7 Å². The predicted octanol–water partition coefficient (Wildman–Crippen LogP) is 4.59. The molecule has 0 amide bonds. The van der Waals surface area contributed by atoms with E-state index in [0.29, 0.717) is 37.7 Å². The number of halogens is 1. The number of ether oxygens (including phenoxy) is 2. The number of hydrogen-bond donors (Lipinski definition) is 2. The minimum atomic E-state index is -0.513. The summed E-state index contributed by atoms with van der Waals surface area (Å²) >= 11 is 12.5. The van der Waals surface area contributed by atoms with Crippen LogP contribution in [0.4, 0.5) is 5.00 Å². The van der Waals surface area contributed by atoms with E-state index in [1.165, 1.54) is 0 Å². The van der Waals surface area contributed by atoms with Crippen LogP contribution < -0.4 is 10.6 Å². The van der Waals surface area contributed by atoms with Crippen LogP contribution in [0.3, 0.4) is 0 Å². The van der Waals surface area contributed by atoms with Gasteiger partial charge in [-0.3, -0.25) is 0 Å². The van der Waals surface area contributed by atoms with Gasteiger partial charge >= 0.3 is 11.9 Å². The lowest BCUT2D eigenvalue weighted by molar-refractivity contribution is 0.0527. The van der Waals surface area contributed by atoms with Crippen LogP contribution in [-0.4, -0.2) is 36.8 Å². The van der Waals surface area contributed by atoms with E-state index in [1.807, 2.05) is 24.3 Å². The second kappa shape index (κ2) is 11.1. The number of benzene rings is 1. The van der Waals surface area contributed by atoms with Crippen molar-refractivity contribution in [2.45, 2.75) is 27.2 Å². The highest BCUT2D eigenvalue weighted by molar-refractivity contribution is 7.80. The zero-order chi connectivity index (χ0) is 21.4. The number of carbonyl (C=O) groups excluding carboxylic acids is 2. The summed E-state index contributed by atoms with van der Waals surface area (Å²) in [6.45, 7) is 6.19. The lowest BCUT2D eigenvalue weighted by Crippen LogP contribution is -2.30. The lowest BCUT2D eigenvalue weighted by Gasteiger charge is -2.11. The Morgan fingerprint density at radius 1 is 1.17 bits per heavy atom. The molecule has 0 aliphatic rings. The number of nitrogens with one attached hydrogen (secondary N) is 2. The summed E-state index contributed by atoms with van der Waals surface area (Å²) < 4.78 is 10.2. The highest BCUT2D eigenvalue weighted by Crippen LogP contribution is 2.34. The van der Waals surface area contributed by atoms with Gasteiger partial charge in [0.1, 0.15) is 9.88 Å². The summed E-state index contributed by atoms with van der Waals surface area (Å²) in [6.07, 6.45) is 0.727. The number of thiocarbonyl (C=S) groups is 1. The maximum Gasteiger partial charge on any atom is 0.348 e. The first-order valence-corrected chi connectivity index (χ1v) is 10.7. The Kier molecular flexibility index (Phi) is 8.88. The smallest absolute Gasteiger partial charge is 0.348 e. The molecule has 0 aliphatic heterocycles. The van der Waals surface area contributed by atoms with Crippen molar-refractivity contribution in [2.24, 2.45) is 0 Å². The van der Waals surface area contributed by atoms with Crippen LogP contribution >= 0.6 is 35.2 Å². The van der Waals surface area contributed by atoms with Gasteiger partial charge in [0.15, 0.2) is 5.11 Å². The average molecular weight is 455 g/mol. The third-order valence-corrected chi connectivity index (χ3v) is 5.57. The topological polar surface area (TPSA) is 76.7 Å². The van der Waals surface area contributed by atoms with Crippen LogP contribution in [0, 0.1) is 6.92 Å². The van der Waals surface area contributed by atoms with Gasteiger partial charge in [-0.05, 0) is 62.7 Å². The molecule has 0 saturated heterocycles. The number of rotatable bonds is 8. The molecule has 2 N–H and O–H groups in total. The highest BCUT2D eigenvalue weighted by Gasteiger charge is 2.26. The second-order valence-electron chi connectivity index (χ2n) is 5.96. The van der Waals surface area contributed by atoms with E-state index in [-0.39, 0.29) is 13.2 Å². The second-order valence-corrected chi connectivity index (χ2v) is 7.83. The maximum absolute atomic E-state index is 12.4. The van der Waals surface area contributed by atoms with Crippen molar-refractivity contribution in [2.75, 3.05) is 25.1 Å². The van der Waals surface area contributed by atoms with Crippen LogP contribution in [-0.2, 0) is 15.9 Å². The Balaban J connectivity index is 2.10. The summed E-state index contributed by atoms with van der Waals surface area (Å²) in [4.78, 5) is 25.0. The molecule has 2 aromatic rings. The molecule has 156 valence electrons. The van der Waals surface area contributed by atoms with Gasteiger partial charge in [-0.15, -0.1) is 11.3 Å². The van der Waals surface area contributed by atoms with E-state index in [2.05, 4.69) is 10.6 Å².